The molecule has 1 aliphatic heterocycles. The van der Waals surface area contributed by atoms with Gasteiger partial charge in [-0.3, -0.25) is 10.1 Å². The summed E-state index contributed by atoms with van der Waals surface area (Å²) in [6.07, 6.45) is 0. The summed E-state index contributed by atoms with van der Waals surface area (Å²) in [7, 11) is 0. The van der Waals surface area contributed by atoms with Crippen molar-refractivity contribution in [1.29, 1.82) is 0 Å². The van der Waals surface area contributed by atoms with E-state index in [0.717, 1.165) is 38.2 Å². The molecular formula is C24H18BrN3O2. The maximum Gasteiger partial charge on any atom is 0.304 e. The van der Waals surface area contributed by atoms with Gasteiger partial charge in [-0.1, -0.05) is 76.1 Å². The third kappa shape index (κ3) is 3.00. The van der Waals surface area contributed by atoms with Crippen molar-refractivity contribution < 1.29 is 4.92 Å². The predicted octanol–water partition coefficient (Wildman–Crippen LogP) is 6.91. The SMILES string of the molecule is Cc1ccc(-c2c([N+](=O)[O-])c(-c3ccc(Br)cc3)c3n2Cc2ccccc2N3)cc1. The van der Waals surface area contributed by atoms with E-state index in [0.29, 0.717) is 17.8 Å². The summed E-state index contributed by atoms with van der Waals surface area (Å²) in [5.41, 5.74) is 6.18. The highest BCUT2D eigenvalue weighted by atomic mass is 79.9. The zero-order valence-electron chi connectivity index (χ0n) is 16.2. The fraction of sp³-hybridized carbons (Fsp3) is 0.0833. The number of nitro groups is 1. The van der Waals surface area contributed by atoms with E-state index < -0.39 is 0 Å². The average molecular weight is 460 g/mol. The fourth-order valence-corrected chi connectivity index (χ4v) is 4.31. The Balaban J connectivity index is 1.84. The molecule has 0 bridgehead atoms. The van der Waals surface area contributed by atoms with Gasteiger partial charge in [0.25, 0.3) is 0 Å². The molecule has 0 fully saturated rings. The summed E-state index contributed by atoms with van der Waals surface area (Å²) in [5, 5.41) is 15.8. The van der Waals surface area contributed by atoms with Crippen LogP contribution in [0, 0.1) is 17.0 Å². The van der Waals surface area contributed by atoms with Gasteiger partial charge in [-0.2, -0.15) is 0 Å². The van der Waals surface area contributed by atoms with Crippen molar-refractivity contribution in [3.05, 3.63) is 98.5 Å². The quantitative estimate of drug-likeness (QED) is 0.235. The summed E-state index contributed by atoms with van der Waals surface area (Å²) in [6.45, 7) is 2.58. The smallest absolute Gasteiger partial charge is 0.304 e. The van der Waals surface area contributed by atoms with Crippen LogP contribution < -0.4 is 5.32 Å². The Morgan fingerprint density at radius 3 is 2.33 bits per heavy atom. The van der Waals surface area contributed by atoms with Crippen LogP contribution in [0.25, 0.3) is 22.4 Å². The predicted molar refractivity (Wildman–Crippen MR) is 123 cm³/mol. The average Bonchev–Trinajstić information content (AvgIpc) is 3.07. The molecule has 1 aromatic heterocycles. The number of para-hydroxylation sites is 1. The maximum absolute atomic E-state index is 12.4. The Labute approximate surface area is 182 Å². The molecule has 30 heavy (non-hydrogen) atoms. The molecule has 5 rings (SSSR count). The third-order valence-electron chi connectivity index (χ3n) is 5.48. The Hall–Kier alpha value is -3.38. The first kappa shape index (κ1) is 18.6. The highest BCUT2D eigenvalue weighted by Gasteiger charge is 2.35. The number of fused-ring (bicyclic) bond motifs is 2. The van der Waals surface area contributed by atoms with Crippen molar-refractivity contribution in [2.24, 2.45) is 0 Å². The fourth-order valence-electron chi connectivity index (χ4n) is 4.04. The molecule has 3 aromatic carbocycles. The monoisotopic (exact) mass is 459 g/mol. The summed E-state index contributed by atoms with van der Waals surface area (Å²) < 4.78 is 2.96. The molecule has 6 heteroatoms. The lowest BCUT2D eigenvalue weighted by Gasteiger charge is -2.23. The van der Waals surface area contributed by atoms with Gasteiger partial charge in [-0.15, -0.1) is 0 Å². The third-order valence-corrected chi connectivity index (χ3v) is 6.01. The van der Waals surface area contributed by atoms with Crippen LogP contribution in [-0.2, 0) is 6.54 Å². The second kappa shape index (κ2) is 7.15. The summed E-state index contributed by atoms with van der Waals surface area (Å²) >= 11 is 3.46. The molecule has 1 aliphatic rings. The molecule has 0 saturated heterocycles. The van der Waals surface area contributed by atoms with Gasteiger partial charge in [0.05, 0.1) is 11.5 Å². The minimum absolute atomic E-state index is 0.122. The number of benzene rings is 3. The molecule has 0 radical (unpaired) electrons. The van der Waals surface area contributed by atoms with Crippen LogP contribution in [0.1, 0.15) is 11.1 Å². The first-order valence-electron chi connectivity index (χ1n) is 9.61. The van der Waals surface area contributed by atoms with Gasteiger partial charge >= 0.3 is 5.69 Å². The van der Waals surface area contributed by atoms with Crippen LogP contribution in [0.15, 0.2) is 77.3 Å². The molecule has 0 aliphatic carbocycles. The molecule has 5 nitrogen and oxygen atoms in total. The van der Waals surface area contributed by atoms with Crippen LogP contribution in [-0.4, -0.2) is 9.49 Å². The molecule has 4 aromatic rings. The minimum atomic E-state index is -0.260. The van der Waals surface area contributed by atoms with Crippen LogP contribution in [0.2, 0.25) is 0 Å². The number of halogens is 1. The van der Waals surface area contributed by atoms with Gasteiger partial charge in [-0.25, -0.2) is 0 Å². The number of nitrogens with zero attached hydrogens (tertiary/aromatic N) is 2. The van der Waals surface area contributed by atoms with Crippen LogP contribution in [0.5, 0.6) is 0 Å². The number of hydrogen-bond acceptors (Lipinski definition) is 3. The van der Waals surface area contributed by atoms with E-state index in [1.807, 2.05) is 78.2 Å². The van der Waals surface area contributed by atoms with E-state index in [2.05, 4.69) is 27.3 Å². The van der Waals surface area contributed by atoms with E-state index in [1.165, 1.54) is 0 Å². The van der Waals surface area contributed by atoms with Crippen molar-refractivity contribution in [2.45, 2.75) is 13.5 Å². The van der Waals surface area contributed by atoms with Crippen LogP contribution >= 0.6 is 15.9 Å². The number of hydrogen-bond donors (Lipinski definition) is 1. The van der Waals surface area contributed by atoms with Crippen molar-refractivity contribution in [2.75, 3.05) is 5.32 Å². The van der Waals surface area contributed by atoms with Crippen molar-refractivity contribution >= 4 is 33.1 Å². The van der Waals surface area contributed by atoms with Crippen LogP contribution in [0.3, 0.4) is 0 Å². The summed E-state index contributed by atoms with van der Waals surface area (Å²) in [4.78, 5) is 12.1. The topological polar surface area (TPSA) is 60.1 Å². The Morgan fingerprint density at radius 1 is 0.967 bits per heavy atom. The first-order chi connectivity index (χ1) is 14.5. The standard InChI is InChI=1S/C24H18BrN3O2/c1-15-6-8-17(9-7-15)22-23(28(29)30)21(16-10-12-19(25)13-11-16)24-26-20-5-3-2-4-18(20)14-27(22)24/h2-13,26H,14H2,1H3. The molecule has 0 saturated carbocycles. The Morgan fingerprint density at radius 2 is 1.63 bits per heavy atom. The second-order valence-corrected chi connectivity index (χ2v) is 8.33. The van der Waals surface area contributed by atoms with E-state index in [-0.39, 0.29) is 10.6 Å². The zero-order valence-corrected chi connectivity index (χ0v) is 17.8. The van der Waals surface area contributed by atoms with Gasteiger partial charge in [-0.05, 0) is 36.2 Å². The van der Waals surface area contributed by atoms with E-state index >= 15 is 0 Å². The highest BCUT2D eigenvalue weighted by Crippen LogP contribution is 2.49. The lowest BCUT2D eigenvalue weighted by Crippen LogP contribution is -2.13. The van der Waals surface area contributed by atoms with Gasteiger partial charge in [0.15, 0.2) is 0 Å². The van der Waals surface area contributed by atoms with Crippen molar-refractivity contribution in [3.63, 3.8) is 0 Å². The van der Waals surface area contributed by atoms with E-state index in [1.54, 1.807) is 0 Å². The number of aromatic nitrogens is 1. The van der Waals surface area contributed by atoms with E-state index in [9.17, 15) is 10.1 Å². The molecule has 0 amide bonds. The van der Waals surface area contributed by atoms with Crippen molar-refractivity contribution in [3.8, 4) is 22.4 Å². The maximum atomic E-state index is 12.4. The van der Waals surface area contributed by atoms with Crippen LogP contribution in [0.4, 0.5) is 17.2 Å². The minimum Gasteiger partial charge on any atom is -0.341 e. The largest absolute Gasteiger partial charge is 0.341 e. The number of anilines is 2. The zero-order chi connectivity index (χ0) is 20.8. The molecule has 2 heterocycles. The molecule has 0 atom stereocenters. The molecular weight excluding hydrogens is 442 g/mol. The molecule has 0 unspecified atom stereocenters. The van der Waals surface area contributed by atoms with E-state index in [4.69, 9.17) is 0 Å². The Bertz CT molecular complexity index is 1180. The summed E-state index contributed by atoms with van der Waals surface area (Å²) in [5.74, 6) is 0.748. The van der Waals surface area contributed by atoms with Gasteiger partial charge in [0.2, 0.25) is 0 Å². The number of aryl methyl sites for hydroxylation is 1. The molecule has 148 valence electrons. The number of nitrogens with one attached hydrogen (secondary N) is 1. The lowest BCUT2D eigenvalue weighted by atomic mass is 10.0. The van der Waals surface area contributed by atoms with Gasteiger partial charge < -0.3 is 9.88 Å². The van der Waals surface area contributed by atoms with Gasteiger partial charge in [0.1, 0.15) is 17.1 Å². The van der Waals surface area contributed by atoms with Crippen molar-refractivity contribution in [1.82, 2.24) is 4.57 Å². The first-order valence-corrected chi connectivity index (χ1v) is 10.4. The second-order valence-electron chi connectivity index (χ2n) is 7.42. The number of rotatable bonds is 3. The normalized spacial score (nSPS) is 12.1. The highest BCUT2D eigenvalue weighted by molar-refractivity contribution is 9.10. The summed E-state index contributed by atoms with van der Waals surface area (Å²) in [6, 6.07) is 23.5. The molecule has 0 spiro atoms. The lowest BCUT2D eigenvalue weighted by molar-refractivity contribution is -0.383. The Kier molecular flexibility index (Phi) is 4.44. The molecule has 1 N–H and O–H groups in total. The van der Waals surface area contributed by atoms with Gasteiger partial charge in [0, 0.05) is 15.7 Å².